The topological polar surface area (TPSA) is 119 Å². The largest absolute Gasteiger partial charge is 0.479 e. The summed E-state index contributed by atoms with van der Waals surface area (Å²) in [5, 5.41) is 7.21. The second kappa shape index (κ2) is 5.66. The number of amides is 1. The van der Waals surface area contributed by atoms with Crippen LogP contribution in [-0.2, 0) is 4.79 Å². The van der Waals surface area contributed by atoms with E-state index in [2.05, 4.69) is 15.4 Å². The first-order chi connectivity index (χ1) is 8.13. The molecule has 0 fully saturated rings. The number of nitrogens with zero attached hydrogens (tertiary/aromatic N) is 3. The van der Waals surface area contributed by atoms with E-state index in [1.807, 2.05) is 0 Å². The molecule has 17 heavy (non-hydrogen) atoms. The van der Waals surface area contributed by atoms with E-state index in [-0.39, 0.29) is 5.88 Å². The minimum Gasteiger partial charge on any atom is -0.479 e. The van der Waals surface area contributed by atoms with Gasteiger partial charge in [-0.1, -0.05) is 0 Å². The highest BCUT2D eigenvalue weighted by Crippen LogP contribution is 2.21. The Balaban J connectivity index is 3.16. The lowest BCUT2D eigenvalue weighted by Gasteiger charge is -2.14. The summed E-state index contributed by atoms with van der Waals surface area (Å²) in [6.45, 7) is 0. The number of ether oxygens (including phenoxy) is 1. The van der Waals surface area contributed by atoms with Crippen molar-refractivity contribution in [1.29, 1.82) is 0 Å². The van der Waals surface area contributed by atoms with E-state index in [9.17, 15) is 4.79 Å². The molecular formula is C9H14N6O2. The summed E-state index contributed by atoms with van der Waals surface area (Å²) in [5.74, 6) is 11.3. The van der Waals surface area contributed by atoms with Crippen LogP contribution in [0, 0.1) is 0 Å². The maximum absolute atomic E-state index is 10.4. The first kappa shape index (κ1) is 12.7. The van der Waals surface area contributed by atoms with Crippen LogP contribution in [0.1, 0.15) is 5.69 Å². The molecule has 0 unspecified atom stereocenters. The number of nitrogens with one attached hydrogen (secondary N) is 1. The van der Waals surface area contributed by atoms with Gasteiger partial charge in [-0.2, -0.15) is 5.10 Å². The lowest BCUT2D eigenvalue weighted by atomic mass is 10.3. The molecule has 0 spiro atoms. The zero-order valence-electron chi connectivity index (χ0n) is 9.54. The molecule has 5 N–H and O–H groups in total. The van der Waals surface area contributed by atoms with Crippen molar-refractivity contribution in [3.8, 4) is 5.88 Å². The van der Waals surface area contributed by atoms with Crippen molar-refractivity contribution < 1.29 is 9.53 Å². The average Bonchev–Trinajstić information content (AvgIpc) is 2.31. The van der Waals surface area contributed by atoms with Gasteiger partial charge in [-0.05, 0) is 12.1 Å². The maximum Gasteiger partial charge on any atom is 0.238 e. The first-order valence-electron chi connectivity index (χ1n) is 4.66. The Morgan fingerprint density at radius 1 is 1.65 bits per heavy atom. The van der Waals surface area contributed by atoms with Crippen LogP contribution in [0.5, 0.6) is 5.88 Å². The number of carbonyl (C=O) groups excluding carboxylic acids is 1. The van der Waals surface area contributed by atoms with Gasteiger partial charge in [-0.3, -0.25) is 9.80 Å². The summed E-state index contributed by atoms with van der Waals surface area (Å²) in [6.07, 6.45) is 0.534. The molecule has 1 aromatic rings. The van der Waals surface area contributed by atoms with Crippen molar-refractivity contribution >= 4 is 17.9 Å². The lowest BCUT2D eigenvalue weighted by molar-refractivity contribution is -0.105. The van der Waals surface area contributed by atoms with Crippen LogP contribution in [0.25, 0.3) is 0 Å². The molecule has 92 valence electrons. The minimum atomic E-state index is 0.248. The fraction of sp³-hybridized carbons (Fsp3) is 0.222. The van der Waals surface area contributed by atoms with Crippen molar-refractivity contribution in [2.24, 2.45) is 16.8 Å². The van der Waals surface area contributed by atoms with E-state index in [0.29, 0.717) is 23.6 Å². The highest BCUT2D eigenvalue weighted by molar-refractivity contribution is 5.97. The highest BCUT2D eigenvalue weighted by atomic mass is 16.5. The number of anilines is 1. The summed E-state index contributed by atoms with van der Waals surface area (Å²) >= 11 is 0. The van der Waals surface area contributed by atoms with Gasteiger partial charge in [0.2, 0.25) is 12.3 Å². The van der Waals surface area contributed by atoms with Gasteiger partial charge < -0.3 is 15.9 Å². The van der Waals surface area contributed by atoms with Gasteiger partial charge in [0.25, 0.3) is 0 Å². The van der Waals surface area contributed by atoms with E-state index in [1.165, 1.54) is 12.1 Å². The molecule has 8 nitrogen and oxygen atoms in total. The molecule has 0 radical (unpaired) electrons. The number of hydrogen-bond acceptors (Lipinski definition) is 6. The van der Waals surface area contributed by atoms with Gasteiger partial charge in [0.15, 0.2) is 5.84 Å². The molecule has 1 aromatic heterocycles. The number of nitrogens with two attached hydrogens (primary N) is 2. The van der Waals surface area contributed by atoms with Crippen molar-refractivity contribution in [1.82, 2.24) is 9.99 Å². The van der Waals surface area contributed by atoms with E-state index in [4.69, 9.17) is 16.4 Å². The molecule has 0 atom stereocenters. The summed E-state index contributed by atoms with van der Waals surface area (Å²) in [7, 11) is 3.02. The first-order valence-corrected chi connectivity index (χ1v) is 4.66. The number of carbonyl (C=O) groups is 1. The lowest BCUT2D eigenvalue weighted by Crippen LogP contribution is -2.35. The summed E-state index contributed by atoms with van der Waals surface area (Å²) in [4.78, 5) is 14.5. The van der Waals surface area contributed by atoms with Crippen LogP contribution in [0.15, 0.2) is 17.2 Å². The van der Waals surface area contributed by atoms with Crippen molar-refractivity contribution in [2.45, 2.75) is 0 Å². The Morgan fingerprint density at radius 3 is 2.82 bits per heavy atom. The second-order valence-electron chi connectivity index (χ2n) is 3.08. The van der Waals surface area contributed by atoms with Crippen LogP contribution < -0.4 is 21.7 Å². The Morgan fingerprint density at radius 2 is 2.35 bits per heavy atom. The Kier molecular flexibility index (Phi) is 4.23. The zero-order valence-corrected chi connectivity index (χ0v) is 9.54. The predicted molar refractivity (Wildman–Crippen MR) is 63.2 cm³/mol. The summed E-state index contributed by atoms with van der Waals surface area (Å²) in [5.41, 5.74) is 0.882. The molecule has 0 aliphatic rings. The smallest absolute Gasteiger partial charge is 0.238 e. The number of hydrogen-bond donors (Lipinski definition) is 3. The van der Waals surface area contributed by atoms with Crippen LogP contribution in [0.3, 0.4) is 0 Å². The van der Waals surface area contributed by atoms with Crippen LogP contribution in [0.4, 0.5) is 5.69 Å². The van der Waals surface area contributed by atoms with Crippen LogP contribution in [-0.4, -0.2) is 36.4 Å². The van der Waals surface area contributed by atoms with Gasteiger partial charge in [0.1, 0.15) is 11.4 Å². The summed E-state index contributed by atoms with van der Waals surface area (Å²) < 4.78 is 5.03. The van der Waals surface area contributed by atoms with Crippen molar-refractivity contribution in [2.75, 3.05) is 19.5 Å². The van der Waals surface area contributed by atoms with E-state index in [1.54, 1.807) is 19.2 Å². The SMILES string of the molecule is COc1nc(/C(=N/N)N(C)N)ccc1NC=O. The Bertz CT molecular complexity index is 431. The number of rotatable bonds is 4. The highest BCUT2D eigenvalue weighted by Gasteiger charge is 2.12. The van der Waals surface area contributed by atoms with Gasteiger partial charge in [-0.25, -0.2) is 10.8 Å². The molecule has 0 aromatic carbocycles. The summed E-state index contributed by atoms with van der Waals surface area (Å²) in [6, 6.07) is 3.23. The number of hydrazone groups is 1. The van der Waals surface area contributed by atoms with Gasteiger partial charge in [-0.15, -0.1) is 0 Å². The minimum absolute atomic E-state index is 0.248. The number of methoxy groups -OCH3 is 1. The molecule has 0 aliphatic carbocycles. The van der Waals surface area contributed by atoms with Gasteiger partial charge in [0, 0.05) is 7.05 Å². The third kappa shape index (κ3) is 2.82. The normalized spacial score (nSPS) is 10.9. The molecule has 0 bridgehead atoms. The quantitative estimate of drug-likeness (QED) is 0.205. The zero-order chi connectivity index (χ0) is 12.8. The van der Waals surface area contributed by atoms with Crippen molar-refractivity contribution in [3.63, 3.8) is 0 Å². The molecule has 1 heterocycles. The molecule has 0 aliphatic heterocycles. The Labute approximate surface area is 98.2 Å². The molecular weight excluding hydrogens is 224 g/mol. The van der Waals surface area contributed by atoms with Crippen LogP contribution >= 0.6 is 0 Å². The third-order valence-electron chi connectivity index (χ3n) is 1.95. The van der Waals surface area contributed by atoms with E-state index in [0.717, 1.165) is 0 Å². The van der Waals surface area contributed by atoms with Crippen molar-refractivity contribution in [3.05, 3.63) is 17.8 Å². The molecule has 1 rings (SSSR count). The molecule has 0 saturated carbocycles. The number of aromatic nitrogens is 1. The Hall–Kier alpha value is -2.35. The molecule has 8 heteroatoms. The average molecular weight is 238 g/mol. The molecule has 0 saturated heterocycles. The number of amidine groups is 1. The van der Waals surface area contributed by atoms with Crippen LogP contribution in [0.2, 0.25) is 0 Å². The predicted octanol–water partition coefficient (Wildman–Crippen LogP) is -0.916. The van der Waals surface area contributed by atoms with Gasteiger partial charge in [0.05, 0.1) is 7.11 Å². The third-order valence-corrected chi connectivity index (χ3v) is 1.95. The second-order valence-corrected chi connectivity index (χ2v) is 3.08. The monoisotopic (exact) mass is 238 g/mol. The van der Waals surface area contributed by atoms with E-state index < -0.39 is 0 Å². The van der Waals surface area contributed by atoms with E-state index >= 15 is 0 Å². The fourth-order valence-electron chi connectivity index (χ4n) is 1.23. The number of hydrazine groups is 1. The van der Waals surface area contributed by atoms with Gasteiger partial charge >= 0.3 is 0 Å². The number of pyridine rings is 1. The molecule has 1 amide bonds. The maximum atomic E-state index is 10.4. The standard InChI is InChI=1S/C9H14N6O2/c1-15(11)8(14-10)6-3-4-7(12-5-16)9(13-6)17-2/h3-5H,10-11H2,1-2H3,(H,12,16)/b14-8-. The fourth-order valence-corrected chi connectivity index (χ4v) is 1.23.